The molecule has 0 saturated heterocycles. The summed E-state index contributed by atoms with van der Waals surface area (Å²) in [4.78, 5) is 0. The summed E-state index contributed by atoms with van der Waals surface area (Å²) in [5.41, 5.74) is -5.44. The highest BCUT2D eigenvalue weighted by atomic mass is 31.2. The second kappa shape index (κ2) is 15.8. The van der Waals surface area contributed by atoms with Gasteiger partial charge in [0.25, 0.3) is 5.87 Å². The van der Waals surface area contributed by atoms with Crippen LogP contribution >= 0.6 is 7.14 Å². The van der Waals surface area contributed by atoms with Gasteiger partial charge in [-0.3, -0.25) is 0 Å². The molecule has 2 heterocycles. The Labute approximate surface area is 376 Å². The maximum atomic E-state index is 17.8. The van der Waals surface area contributed by atoms with Gasteiger partial charge in [0.15, 0.2) is 40.7 Å². The standard InChI is InChI=1S/C49H35BF15PSi/c1-18-14-20(3)26(21(4)15-18)47-28-24-12-10-11-13-25(24)49(67(7,8)9)29(27-31(51)35(55)39(59)36(56)32(27)52)50(28,30-33(53)37(57)40(60)38(58)34(30)54)66(47,46-22(5)16-19(2)17-23(46)6)48-44(64)42(62)41(61)43(63)45(48)65/h10-17H,1-9H3/t50-,66?/m1/s1. The van der Waals surface area contributed by atoms with Crippen molar-refractivity contribution in [1.29, 1.82) is 0 Å². The van der Waals surface area contributed by atoms with Gasteiger partial charge in [0, 0.05) is 16.4 Å². The van der Waals surface area contributed by atoms with Crippen molar-refractivity contribution in [3.8, 4) is 0 Å². The molecule has 0 spiro atoms. The Morgan fingerprint density at radius 1 is 0.388 bits per heavy atom. The second-order valence-corrected chi connectivity index (χ2v) is 26.8. The van der Waals surface area contributed by atoms with Crippen molar-refractivity contribution in [3.63, 3.8) is 0 Å². The molecule has 2 aliphatic heterocycles. The Morgan fingerprint density at radius 3 is 1.16 bits per heavy atom. The summed E-state index contributed by atoms with van der Waals surface area (Å²) in [7, 11) is -9.69. The van der Waals surface area contributed by atoms with Crippen molar-refractivity contribution in [3.05, 3.63) is 191 Å². The van der Waals surface area contributed by atoms with Crippen LogP contribution in [-0.4, -0.2) is 13.9 Å². The minimum atomic E-state index is -5.88. The van der Waals surface area contributed by atoms with Gasteiger partial charge in [0.2, 0.25) is 34.9 Å². The summed E-state index contributed by atoms with van der Waals surface area (Å²) in [5.74, 6) is -45.5. The Hall–Kier alpha value is -5.54. The van der Waals surface area contributed by atoms with E-state index < -0.39 is 151 Å². The van der Waals surface area contributed by atoms with E-state index in [4.69, 9.17) is 0 Å². The van der Waals surface area contributed by atoms with E-state index in [-0.39, 0.29) is 38.9 Å². The normalized spacial score (nSPS) is 18.1. The molecule has 6 aromatic carbocycles. The van der Waals surface area contributed by atoms with E-state index in [0.717, 1.165) is 0 Å². The highest BCUT2D eigenvalue weighted by Crippen LogP contribution is 2.90. The fourth-order valence-corrected chi connectivity index (χ4v) is 20.7. The molecule has 0 fully saturated rings. The smallest absolute Gasteiger partial charge is 0.207 e. The number of hydrogen-bond donors (Lipinski definition) is 0. The van der Waals surface area contributed by atoms with E-state index >= 15 is 65.9 Å². The highest BCUT2D eigenvalue weighted by Gasteiger charge is 2.77. The zero-order valence-electron chi connectivity index (χ0n) is 36.8. The summed E-state index contributed by atoms with van der Waals surface area (Å²) in [6.07, 6.45) is 0. The average molecular weight is 979 g/mol. The van der Waals surface area contributed by atoms with Gasteiger partial charge < -0.3 is 0 Å². The van der Waals surface area contributed by atoms with E-state index in [1.165, 1.54) is 103 Å². The lowest BCUT2D eigenvalue weighted by atomic mass is 9.28. The number of rotatable bonds is 6. The number of fused-ring (bicyclic) bond motifs is 3. The van der Waals surface area contributed by atoms with Crippen molar-refractivity contribution >= 4 is 58.6 Å². The molecule has 2 atom stereocenters. The average Bonchev–Trinajstić information content (AvgIpc) is 3.24. The molecule has 0 radical (unpaired) electrons. The van der Waals surface area contributed by atoms with Gasteiger partial charge in [0.05, 0.1) is 13.4 Å². The number of halogens is 15. The SMILES string of the molecule is Cc1cc(C)c(C2=C3c4ccccc4C([Si](C)(C)C)=C(c4c(F)c(F)c(F)c(F)c4F)[B@-]3(c3c(F)c(F)c(F)c(F)c3F)[P+]2(c2c(C)cc(C)cc2C)c2c(F)c(F)c(F)c(F)c2F)c(C)c1. The molecular weight excluding hydrogens is 943 g/mol. The molecule has 0 N–H and O–H groups in total. The molecule has 0 bridgehead atoms. The molecule has 348 valence electrons. The van der Waals surface area contributed by atoms with Gasteiger partial charge in [-0.15, -0.1) is 10.9 Å². The summed E-state index contributed by atoms with van der Waals surface area (Å²) in [6.45, 7) is 12.9. The topological polar surface area (TPSA) is 0 Å². The first-order valence-electron chi connectivity index (χ1n) is 20.5. The van der Waals surface area contributed by atoms with Crippen LogP contribution < -0.4 is 16.1 Å². The van der Waals surface area contributed by atoms with Crippen molar-refractivity contribution in [2.24, 2.45) is 0 Å². The molecule has 18 heteroatoms. The van der Waals surface area contributed by atoms with Crippen LogP contribution in [0.2, 0.25) is 19.6 Å². The van der Waals surface area contributed by atoms with Gasteiger partial charge in [-0.05, 0) is 82.1 Å². The highest BCUT2D eigenvalue weighted by molar-refractivity contribution is 8.32. The number of aryl methyl sites for hydroxylation is 6. The first-order valence-corrected chi connectivity index (χ1v) is 25.9. The largest absolute Gasteiger partial charge is 0.273 e. The van der Waals surface area contributed by atoms with Crippen LogP contribution in [0, 0.1) is 129 Å². The maximum Gasteiger partial charge on any atom is 0.273 e. The van der Waals surface area contributed by atoms with E-state index in [0.29, 0.717) is 11.1 Å². The third-order valence-electron chi connectivity index (χ3n) is 13.1. The van der Waals surface area contributed by atoms with E-state index in [1.54, 1.807) is 6.92 Å². The number of hydrogen-bond acceptors (Lipinski definition) is 0. The molecular formula is C49H35BF15PSi. The summed E-state index contributed by atoms with van der Waals surface area (Å²) >= 11 is 0. The van der Waals surface area contributed by atoms with Gasteiger partial charge >= 0.3 is 0 Å². The molecule has 2 aliphatic rings. The van der Waals surface area contributed by atoms with Crippen molar-refractivity contribution in [2.75, 3.05) is 0 Å². The van der Waals surface area contributed by atoms with Gasteiger partial charge in [-0.25, -0.2) is 57.1 Å². The quantitative estimate of drug-likeness (QED) is 0.0513. The third-order valence-corrected chi connectivity index (χ3v) is 20.8. The molecule has 67 heavy (non-hydrogen) atoms. The summed E-state index contributed by atoms with van der Waals surface area (Å²) in [6, 6.07) is 11.0. The Bertz CT molecular complexity index is 3180. The lowest BCUT2D eigenvalue weighted by Gasteiger charge is -2.66. The monoisotopic (exact) mass is 978 g/mol. The molecule has 0 aliphatic carbocycles. The van der Waals surface area contributed by atoms with Crippen LogP contribution in [0.5, 0.6) is 0 Å². The first kappa shape index (κ1) is 47.9. The predicted octanol–water partition coefficient (Wildman–Crippen LogP) is 13.9. The predicted molar refractivity (Wildman–Crippen MR) is 235 cm³/mol. The van der Waals surface area contributed by atoms with Crippen LogP contribution in [-0.2, 0) is 0 Å². The van der Waals surface area contributed by atoms with Crippen LogP contribution in [0.15, 0.2) is 48.5 Å². The Morgan fingerprint density at radius 2 is 0.746 bits per heavy atom. The summed E-state index contributed by atoms with van der Waals surface area (Å²) in [5, 5.41) is -3.30. The van der Waals surface area contributed by atoms with Crippen molar-refractivity contribution in [1.82, 2.24) is 0 Å². The Kier molecular flexibility index (Phi) is 11.3. The van der Waals surface area contributed by atoms with Gasteiger partial charge in [-0.1, -0.05) is 90.0 Å². The fraction of sp³-hybridized carbons (Fsp3) is 0.184. The molecule has 8 rings (SSSR count). The minimum Gasteiger partial charge on any atom is -0.207 e. The van der Waals surface area contributed by atoms with E-state index in [9.17, 15) is 0 Å². The van der Waals surface area contributed by atoms with Gasteiger partial charge in [0.1, 0.15) is 16.9 Å². The van der Waals surface area contributed by atoms with Crippen molar-refractivity contribution in [2.45, 2.75) is 61.2 Å². The molecule has 0 amide bonds. The van der Waals surface area contributed by atoms with Crippen LogP contribution in [0.25, 0.3) is 21.5 Å². The molecule has 0 nitrogen and oxygen atoms in total. The zero-order chi connectivity index (χ0) is 49.6. The Balaban J connectivity index is 1.97. The molecule has 1 unspecified atom stereocenters. The van der Waals surface area contributed by atoms with Crippen LogP contribution in [0.1, 0.15) is 55.6 Å². The van der Waals surface area contributed by atoms with E-state index in [1.807, 2.05) is 0 Å². The number of benzene rings is 6. The zero-order valence-corrected chi connectivity index (χ0v) is 38.7. The molecule has 0 aromatic heterocycles. The second-order valence-electron chi connectivity index (χ2n) is 18.3. The van der Waals surface area contributed by atoms with Crippen molar-refractivity contribution < 1.29 is 65.9 Å². The lowest BCUT2D eigenvalue weighted by Crippen LogP contribution is -2.68. The first-order chi connectivity index (χ1) is 31.1. The maximum absolute atomic E-state index is 17.8. The fourth-order valence-electron chi connectivity index (χ4n) is 11.4. The third kappa shape index (κ3) is 6.07. The van der Waals surface area contributed by atoms with Gasteiger partial charge in [-0.2, -0.15) is 8.78 Å². The van der Waals surface area contributed by atoms with Crippen LogP contribution in [0.3, 0.4) is 0 Å². The minimum absolute atomic E-state index is 0.0957. The van der Waals surface area contributed by atoms with Crippen LogP contribution in [0.4, 0.5) is 65.9 Å². The van der Waals surface area contributed by atoms with E-state index in [2.05, 4.69) is 0 Å². The lowest BCUT2D eigenvalue weighted by molar-refractivity contribution is 0.376. The molecule has 6 aromatic rings. The summed E-state index contributed by atoms with van der Waals surface area (Å²) < 4.78 is 250. The molecule has 0 saturated carbocycles.